The molecule has 5 nitrogen and oxygen atoms in total. The Balaban J connectivity index is 2.11. The van der Waals surface area contributed by atoms with E-state index in [1.807, 2.05) is 0 Å². The molecule has 1 aliphatic rings. The number of aromatic nitrogens is 2. The summed E-state index contributed by atoms with van der Waals surface area (Å²) in [6, 6.07) is 0.490. The van der Waals surface area contributed by atoms with Crippen molar-refractivity contribution < 1.29 is 4.52 Å². The third-order valence-electron chi connectivity index (χ3n) is 4.03. The summed E-state index contributed by atoms with van der Waals surface area (Å²) < 4.78 is 5.52. The van der Waals surface area contributed by atoms with Crippen LogP contribution in [-0.2, 0) is 0 Å². The Kier molecular flexibility index (Phi) is 5.19. The summed E-state index contributed by atoms with van der Waals surface area (Å²) in [6.07, 6.45) is 4.92. The SMILES string of the molecule is CCNC1CCCCC1c1nc(N(CC)CC)no1. The van der Waals surface area contributed by atoms with Crippen LogP contribution in [0.4, 0.5) is 5.95 Å². The number of nitrogens with one attached hydrogen (secondary N) is 1. The summed E-state index contributed by atoms with van der Waals surface area (Å²) in [4.78, 5) is 6.74. The minimum atomic E-state index is 0.380. The van der Waals surface area contributed by atoms with E-state index in [1.165, 1.54) is 19.3 Å². The number of anilines is 1. The standard InChI is InChI=1S/C14H26N4O/c1-4-15-12-10-8-7-9-11(12)13-16-14(17-19-13)18(5-2)6-3/h11-12,15H,4-10H2,1-3H3. The van der Waals surface area contributed by atoms with Gasteiger partial charge in [0.25, 0.3) is 5.95 Å². The van der Waals surface area contributed by atoms with Gasteiger partial charge < -0.3 is 14.7 Å². The van der Waals surface area contributed by atoms with E-state index >= 15 is 0 Å². The molecule has 2 rings (SSSR count). The number of rotatable bonds is 6. The maximum absolute atomic E-state index is 5.52. The molecule has 5 heteroatoms. The molecule has 0 amide bonds. The van der Waals surface area contributed by atoms with Crippen molar-refractivity contribution in [2.45, 2.75) is 58.4 Å². The summed E-state index contributed by atoms with van der Waals surface area (Å²) in [5.74, 6) is 1.93. The van der Waals surface area contributed by atoms with Gasteiger partial charge in [-0.3, -0.25) is 0 Å². The Morgan fingerprint density at radius 3 is 2.63 bits per heavy atom. The van der Waals surface area contributed by atoms with Crippen molar-refractivity contribution >= 4 is 5.95 Å². The second-order valence-electron chi connectivity index (χ2n) is 5.16. The Bertz CT molecular complexity index is 373. The quantitative estimate of drug-likeness (QED) is 0.857. The lowest BCUT2D eigenvalue weighted by atomic mass is 9.84. The molecule has 1 aromatic heterocycles. The van der Waals surface area contributed by atoms with Crippen LogP contribution in [0.5, 0.6) is 0 Å². The molecule has 2 atom stereocenters. The Labute approximate surface area is 115 Å². The monoisotopic (exact) mass is 266 g/mol. The molecule has 1 saturated carbocycles. The lowest BCUT2D eigenvalue weighted by Crippen LogP contribution is -2.37. The molecule has 1 N–H and O–H groups in total. The maximum Gasteiger partial charge on any atom is 0.266 e. The molecule has 0 bridgehead atoms. The molecule has 0 spiro atoms. The smallest absolute Gasteiger partial charge is 0.266 e. The zero-order chi connectivity index (χ0) is 13.7. The van der Waals surface area contributed by atoms with Crippen LogP contribution < -0.4 is 10.2 Å². The Hall–Kier alpha value is -1.10. The molecule has 0 saturated heterocycles. The van der Waals surface area contributed by atoms with Gasteiger partial charge in [-0.25, -0.2) is 0 Å². The van der Waals surface area contributed by atoms with Crippen LogP contribution in [0.25, 0.3) is 0 Å². The van der Waals surface area contributed by atoms with E-state index in [-0.39, 0.29) is 0 Å². The first-order chi connectivity index (χ1) is 9.30. The van der Waals surface area contributed by atoms with Crippen LogP contribution >= 0.6 is 0 Å². The first-order valence-corrected chi connectivity index (χ1v) is 7.62. The summed E-state index contributed by atoms with van der Waals surface area (Å²) in [5, 5.41) is 7.70. The minimum absolute atomic E-state index is 0.380. The number of likely N-dealkylation sites (N-methyl/N-ethyl adjacent to an activating group) is 1. The van der Waals surface area contributed by atoms with Gasteiger partial charge in [0.2, 0.25) is 5.89 Å². The third kappa shape index (κ3) is 3.26. The van der Waals surface area contributed by atoms with E-state index in [0.29, 0.717) is 12.0 Å². The molecule has 1 aliphatic carbocycles. The van der Waals surface area contributed by atoms with Crippen LogP contribution in [0.15, 0.2) is 4.52 Å². The van der Waals surface area contributed by atoms with Gasteiger partial charge >= 0.3 is 0 Å². The van der Waals surface area contributed by atoms with Gasteiger partial charge in [0.1, 0.15) is 0 Å². The highest BCUT2D eigenvalue weighted by molar-refractivity contribution is 5.27. The summed E-state index contributed by atoms with van der Waals surface area (Å²) in [5.41, 5.74) is 0. The van der Waals surface area contributed by atoms with Crippen molar-refractivity contribution in [1.82, 2.24) is 15.5 Å². The molecule has 108 valence electrons. The average molecular weight is 266 g/mol. The molecular weight excluding hydrogens is 240 g/mol. The highest BCUT2D eigenvalue weighted by Crippen LogP contribution is 2.32. The van der Waals surface area contributed by atoms with Gasteiger partial charge in [-0.15, -0.1) is 0 Å². The zero-order valence-corrected chi connectivity index (χ0v) is 12.4. The van der Waals surface area contributed by atoms with Crippen molar-refractivity contribution in [3.05, 3.63) is 5.89 Å². The van der Waals surface area contributed by atoms with Gasteiger partial charge in [0, 0.05) is 19.1 Å². The fraction of sp³-hybridized carbons (Fsp3) is 0.857. The van der Waals surface area contributed by atoms with E-state index in [9.17, 15) is 0 Å². The van der Waals surface area contributed by atoms with E-state index in [1.54, 1.807) is 0 Å². The Morgan fingerprint density at radius 1 is 1.21 bits per heavy atom. The van der Waals surface area contributed by atoms with Crippen LogP contribution in [0.2, 0.25) is 0 Å². The van der Waals surface area contributed by atoms with Crippen LogP contribution in [-0.4, -0.2) is 35.8 Å². The molecule has 1 heterocycles. The minimum Gasteiger partial charge on any atom is -0.339 e. The van der Waals surface area contributed by atoms with Crippen LogP contribution in [0.1, 0.15) is 58.3 Å². The molecule has 19 heavy (non-hydrogen) atoms. The molecule has 2 unspecified atom stereocenters. The lowest BCUT2D eigenvalue weighted by Gasteiger charge is -2.29. The second kappa shape index (κ2) is 6.89. The van der Waals surface area contributed by atoms with Gasteiger partial charge in [-0.2, -0.15) is 4.98 Å². The molecular formula is C14H26N4O. The normalized spacial score (nSPS) is 23.5. The second-order valence-corrected chi connectivity index (χ2v) is 5.16. The van der Waals surface area contributed by atoms with Gasteiger partial charge in [0.15, 0.2) is 0 Å². The predicted molar refractivity (Wildman–Crippen MR) is 76.5 cm³/mol. The van der Waals surface area contributed by atoms with E-state index in [0.717, 1.165) is 37.9 Å². The van der Waals surface area contributed by atoms with E-state index < -0.39 is 0 Å². The topological polar surface area (TPSA) is 54.2 Å². The highest BCUT2D eigenvalue weighted by Gasteiger charge is 2.30. The maximum atomic E-state index is 5.52. The molecule has 1 fully saturated rings. The largest absolute Gasteiger partial charge is 0.339 e. The molecule has 0 aromatic carbocycles. The zero-order valence-electron chi connectivity index (χ0n) is 12.4. The first-order valence-electron chi connectivity index (χ1n) is 7.62. The Morgan fingerprint density at radius 2 is 1.95 bits per heavy atom. The molecule has 1 aromatic rings. The van der Waals surface area contributed by atoms with Crippen LogP contribution in [0, 0.1) is 0 Å². The fourth-order valence-corrected chi connectivity index (χ4v) is 2.95. The van der Waals surface area contributed by atoms with Gasteiger partial charge in [0.05, 0.1) is 5.92 Å². The van der Waals surface area contributed by atoms with E-state index in [2.05, 4.69) is 41.1 Å². The van der Waals surface area contributed by atoms with Crippen molar-refractivity contribution in [2.24, 2.45) is 0 Å². The van der Waals surface area contributed by atoms with Crippen molar-refractivity contribution in [2.75, 3.05) is 24.5 Å². The van der Waals surface area contributed by atoms with Crippen LogP contribution in [0.3, 0.4) is 0 Å². The fourth-order valence-electron chi connectivity index (χ4n) is 2.95. The lowest BCUT2D eigenvalue weighted by molar-refractivity contribution is 0.264. The first kappa shape index (κ1) is 14.3. The number of hydrogen-bond acceptors (Lipinski definition) is 5. The highest BCUT2D eigenvalue weighted by atomic mass is 16.5. The molecule has 0 radical (unpaired) electrons. The predicted octanol–water partition coefficient (Wildman–Crippen LogP) is 2.55. The number of nitrogens with zero attached hydrogens (tertiary/aromatic N) is 3. The van der Waals surface area contributed by atoms with Gasteiger partial charge in [-0.05, 0) is 38.4 Å². The summed E-state index contributed by atoms with van der Waals surface area (Å²) in [7, 11) is 0. The third-order valence-corrected chi connectivity index (χ3v) is 4.03. The van der Waals surface area contributed by atoms with Crippen molar-refractivity contribution in [3.63, 3.8) is 0 Å². The summed E-state index contributed by atoms with van der Waals surface area (Å²) >= 11 is 0. The number of hydrogen-bond donors (Lipinski definition) is 1. The van der Waals surface area contributed by atoms with Crippen molar-refractivity contribution in [1.29, 1.82) is 0 Å². The van der Waals surface area contributed by atoms with E-state index in [4.69, 9.17) is 4.52 Å². The average Bonchev–Trinajstić information content (AvgIpc) is 2.91. The van der Waals surface area contributed by atoms with Gasteiger partial charge in [-0.1, -0.05) is 19.8 Å². The summed E-state index contributed by atoms with van der Waals surface area (Å²) in [6.45, 7) is 9.20. The van der Waals surface area contributed by atoms with Crippen molar-refractivity contribution in [3.8, 4) is 0 Å². The molecule has 0 aliphatic heterocycles.